The van der Waals surface area contributed by atoms with Crippen LogP contribution in [0.1, 0.15) is 26.7 Å². The molecule has 0 bridgehead atoms. The number of piperidine rings is 1. The number of aromatic nitrogens is 1. The van der Waals surface area contributed by atoms with Crippen molar-refractivity contribution < 1.29 is 18.0 Å². The summed E-state index contributed by atoms with van der Waals surface area (Å²) < 4.78 is 39.7. The molecular formula is C23H28ClF3N4O2. The van der Waals surface area contributed by atoms with Gasteiger partial charge in [-0.05, 0) is 50.3 Å². The lowest BCUT2D eigenvalue weighted by Gasteiger charge is -2.44. The van der Waals surface area contributed by atoms with Gasteiger partial charge in [0.2, 0.25) is 5.91 Å². The molecule has 10 heteroatoms. The molecule has 0 spiro atoms. The number of hydrogen-bond donors (Lipinski definition) is 1. The van der Waals surface area contributed by atoms with Crippen LogP contribution < -0.4 is 10.5 Å². The van der Waals surface area contributed by atoms with Crippen LogP contribution in [0.15, 0.2) is 29.2 Å². The van der Waals surface area contributed by atoms with Crippen LogP contribution in [-0.2, 0) is 4.79 Å². The average molecular weight is 485 g/mol. The van der Waals surface area contributed by atoms with Crippen LogP contribution in [-0.4, -0.2) is 72.2 Å². The number of rotatable bonds is 3. The summed E-state index contributed by atoms with van der Waals surface area (Å²) in [5, 5.41) is 1.70. The number of likely N-dealkylation sites (tertiary alicyclic amines) is 1. The summed E-state index contributed by atoms with van der Waals surface area (Å²) in [6.45, 7) is 5.80. The lowest BCUT2D eigenvalue weighted by molar-refractivity contribution is -0.217. The highest BCUT2D eigenvalue weighted by Crippen LogP contribution is 2.39. The van der Waals surface area contributed by atoms with Crippen LogP contribution in [0.25, 0.3) is 10.8 Å². The first-order chi connectivity index (χ1) is 15.5. The summed E-state index contributed by atoms with van der Waals surface area (Å²) in [7, 11) is 0. The second kappa shape index (κ2) is 8.83. The van der Waals surface area contributed by atoms with E-state index in [9.17, 15) is 22.8 Å². The van der Waals surface area contributed by atoms with Crippen molar-refractivity contribution in [1.82, 2.24) is 14.8 Å². The number of carbonyl (C=O) groups excluding carboxylic acids is 1. The number of anilines is 1. The lowest BCUT2D eigenvalue weighted by atomic mass is 9.89. The van der Waals surface area contributed by atoms with Crippen molar-refractivity contribution in [2.45, 2.75) is 38.9 Å². The van der Waals surface area contributed by atoms with Gasteiger partial charge in [0.15, 0.2) is 0 Å². The molecule has 3 heterocycles. The Morgan fingerprint density at radius 2 is 1.70 bits per heavy atom. The van der Waals surface area contributed by atoms with Crippen LogP contribution in [0.4, 0.5) is 18.9 Å². The van der Waals surface area contributed by atoms with Crippen molar-refractivity contribution in [3.63, 3.8) is 0 Å². The van der Waals surface area contributed by atoms with Crippen molar-refractivity contribution in [2.75, 3.05) is 44.2 Å². The van der Waals surface area contributed by atoms with E-state index in [0.29, 0.717) is 36.3 Å². The number of H-pyrrole nitrogens is 1. The molecule has 0 aliphatic carbocycles. The topological polar surface area (TPSA) is 59.7 Å². The molecule has 0 radical (unpaired) electrons. The Labute approximate surface area is 195 Å². The van der Waals surface area contributed by atoms with Gasteiger partial charge in [-0.15, -0.1) is 0 Å². The van der Waals surface area contributed by atoms with E-state index >= 15 is 0 Å². The van der Waals surface area contributed by atoms with E-state index in [4.69, 9.17) is 11.6 Å². The van der Waals surface area contributed by atoms with E-state index < -0.39 is 17.5 Å². The molecule has 6 nitrogen and oxygen atoms in total. The van der Waals surface area contributed by atoms with Gasteiger partial charge in [-0.3, -0.25) is 14.5 Å². The number of aromatic amines is 1. The maximum Gasteiger partial charge on any atom is 0.402 e. The number of nitrogens with zero attached hydrogens (tertiary/aromatic N) is 3. The third-order valence-electron chi connectivity index (χ3n) is 7.00. The zero-order valence-electron chi connectivity index (χ0n) is 18.7. The van der Waals surface area contributed by atoms with E-state index in [2.05, 4.69) is 14.8 Å². The van der Waals surface area contributed by atoms with Gasteiger partial charge in [0.25, 0.3) is 5.56 Å². The number of piperazine rings is 1. The largest absolute Gasteiger partial charge is 0.402 e. The summed E-state index contributed by atoms with van der Waals surface area (Å²) in [6, 6.07) is 5.88. The minimum atomic E-state index is -4.56. The minimum Gasteiger partial charge on any atom is -0.369 e. The Bertz CT molecular complexity index is 1090. The normalized spacial score (nSPS) is 19.3. The van der Waals surface area contributed by atoms with Crippen LogP contribution in [0.5, 0.6) is 0 Å². The third kappa shape index (κ3) is 4.57. The summed E-state index contributed by atoms with van der Waals surface area (Å²) in [6.07, 6.45) is -1.61. The Morgan fingerprint density at radius 3 is 2.30 bits per heavy atom. The number of alkyl halides is 3. The number of amides is 1. The molecule has 2 saturated heterocycles. The van der Waals surface area contributed by atoms with Gasteiger partial charge in [0, 0.05) is 57.2 Å². The zero-order chi connectivity index (χ0) is 24.0. The molecular weight excluding hydrogens is 457 g/mol. The summed E-state index contributed by atoms with van der Waals surface area (Å²) in [4.78, 5) is 33.1. The number of fused-ring (bicyclic) bond motifs is 1. The van der Waals surface area contributed by atoms with Gasteiger partial charge in [0.1, 0.15) is 5.41 Å². The predicted octanol–water partition coefficient (Wildman–Crippen LogP) is 3.88. The van der Waals surface area contributed by atoms with Gasteiger partial charge in [-0.1, -0.05) is 11.6 Å². The quantitative estimate of drug-likeness (QED) is 0.718. The molecule has 1 aromatic heterocycles. The van der Waals surface area contributed by atoms with Gasteiger partial charge < -0.3 is 14.8 Å². The molecule has 2 fully saturated rings. The van der Waals surface area contributed by atoms with E-state index in [0.717, 1.165) is 51.1 Å². The fourth-order valence-electron chi connectivity index (χ4n) is 4.74. The standard InChI is InChI=1S/C23H28ClF3N4O2/c1-22(2,23(25,26)27)21(33)31-7-4-16(5-8-31)29-9-11-30(12-10-29)17-13-15-3-6-28-20(32)19(15)18(24)14-17/h3,6,13-14,16H,4-5,7-12H2,1-2H3,(H,28,32). The predicted molar refractivity (Wildman–Crippen MR) is 123 cm³/mol. The number of pyridine rings is 1. The summed E-state index contributed by atoms with van der Waals surface area (Å²) in [5.74, 6) is -0.842. The molecule has 1 aromatic carbocycles. The minimum absolute atomic E-state index is 0.211. The maximum atomic E-state index is 13.2. The first kappa shape index (κ1) is 23.9. The number of nitrogens with one attached hydrogen (secondary N) is 1. The summed E-state index contributed by atoms with van der Waals surface area (Å²) in [5.41, 5.74) is -1.61. The van der Waals surface area contributed by atoms with E-state index in [1.807, 2.05) is 18.2 Å². The van der Waals surface area contributed by atoms with E-state index in [1.54, 1.807) is 6.20 Å². The molecule has 2 aromatic rings. The Hall–Kier alpha value is -2.26. The Morgan fingerprint density at radius 1 is 1.06 bits per heavy atom. The molecule has 0 saturated carbocycles. The third-order valence-corrected chi connectivity index (χ3v) is 7.30. The van der Waals surface area contributed by atoms with Gasteiger partial charge in [0.05, 0.1) is 10.4 Å². The second-order valence-corrected chi connectivity index (χ2v) is 9.77. The van der Waals surface area contributed by atoms with Crippen LogP contribution in [0.2, 0.25) is 5.02 Å². The van der Waals surface area contributed by atoms with Crippen molar-refractivity contribution in [1.29, 1.82) is 0 Å². The Kier molecular flexibility index (Phi) is 6.39. The number of hydrogen-bond acceptors (Lipinski definition) is 4. The molecule has 4 rings (SSSR count). The second-order valence-electron chi connectivity index (χ2n) is 9.37. The molecule has 2 aliphatic heterocycles. The van der Waals surface area contributed by atoms with Crippen molar-refractivity contribution in [2.24, 2.45) is 5.41 Å². The van der Waals surface area contributed by atoms with Gasteiger partial charge in [-0.25, -0.2) is 0 Å². The van der Waals surface area contributed by atoms with Crippen molar-refractivity contribution >= 4 is 34.0 Å². The van der Waals surface area contributed by atoms with Crippen molar-refractivity contribution in [3.8, 4) is 0 Å². The fraction of sp³-hybridized carbons (Fsp3) is 0.565. The molecule has 33 heavy (non-hydrogen) atoms. The highest BCUT2D eigenvalue weighted by Gasteiger charge is 2.54. The highest BCUT2D eigenvalue weighted by molar-refractivity contribution is 6.35. The van der Waals surface area contributed by atoms with Crippen LogP contribution in [0, 0.1) is 5.41 Å². The molecule has 0 unspecified atom stereocenters. The SMILES string of the molecule is CC(C)(C(=O)N1CCC(N2CCN(c3cc(Cl)c4c(=O)[nH]ccc4c3)CC2)CC1)C(F)(F)F. The Balaban J connectivity index is 1.35. The zero-order valence-corrected chi connectivity index (χ0v) is 19.5. The lowest BCUT2D eigenvalue weighted by Crippen LogP contribution is -2.56. The molecule has 1 amide bonds. The van der Waals surface area contributed by atoms with E-state index in [1.165, 1.54) is 4.90 Å². The number of carbonyl (C=O) groups is 1. The average Bonchev–Trinajstić information content (AvgIpc) is 2.78. The van der Waals surface area contributed by atoms with Crippen molar-refractivity contribution in [3.05, 3.63) is 39.8 Å². The monoisotopic (exact) mass is 484 g/mol. The summed E-state index contributed by atoms with van der Waals surface area (Å²) >= 11 is 6.38. The van der Waals surface area contributed by atoms with Gasteiger partial charge in [-0.2, -0.15) is 13.2 Å². The maximum absolute atomic E-state index is 13.2. The van der Waals surface area contributed by atoms with Crippen LogP contribution >= 0.6 is 11.6 Å². The van der Waals surface area contributed by atoms with Gasteiger partial charge >= 0.3 is 6.18 Å². The number of halogens is 4. The smallest absolute Gasteiger partial charge is 0.369 e. The van der Waals surface area contributed by atoms with E-state index in [-0.39, 0.29) is 11.6 Å². The first-order valence-corrected chi connectivity index (χ1v) is 11.5. The first-order valence-electron chi connectivity index (χ1n) is 11.1. The van der Waals surface area contributed by atoms with Crippen LogP contribution in [0.3, 0.4) is 0 Å². The fourth-order valence-corrected chi connectivity index (χ4v) is 5.05. The molecule has 2 aliphatic rings. The highest BCUT2D eigenvalue weighted by atomic mass is 35.5. The molecule has 0 atom stereocenters. The molecule has 180 valence electrons. The number of benzene rings is 1. The molecule has 1 N–H and O–H groups in total.